The van der Waals surface area contributed by atoms with Crippen LogP contribution in [0.25, 0.3) is 0 Å². The van der Waals surface area contributed by atoms with Gasteiger partial charge in [-0.05, 0) is 64.9 Å². The van der Waals surface area contributed by atoms with E-state index in [2.05, 4.69) is 18.8 Å². The van der Waals surface area contributed by atoms with E-state index in [-0.39, 0.29) is 47.0 Å². The van der Waals surface area contributed by atoms with E-state index in [9.17, 15) is 24.3 Å². The summed E-state index contributed by atoms with van der Waals surface area (Å²) in [6.45, 7) is 9.13. The number of likely N-dealkylation sites (tertiary alicyclic amines) is 2. The van der Waals surface area contributed by atoms with Crippen molar-refractivity contribution in [3.8, 4) is 11.8 Å². The van der Waals surface area contributed by atoms with Crippen molar-refractivity contribution in [2.24, 2.45) is 17.3 Å². The van der Waals surface area contributed by atoms with Crippen molar-refractivity contribution in [3.05, 3.63) is 15.8 Å². The third kappa shape index (κ3) is 6.93. The molecule has 0 radical (unpaired) electrons. The number of ether oxygens (including phenoxy) is 1. The smallest absolute Gasteiger partial charge is 0.410 e. The number of hydrogen-bond donors (Lipinski definition) is 1. The monoisotopic (exact) mass is 557 g/mol. The Morgan fingerprint density at radius 1 is 1.13 bits per heavy atom. The zero-order valence-corrected chi connectivity index (χ0v) is 24.3. The molecule has 1 saturated carbocycles. The first-order valence-electron chi connectivity index (χ1n) is 13.7. The quantitative estimate of drug-likeness (QED) is 0.536. The minimum atomic E-state index is -1.10. The summed E-state index contributed by atoms with van der Waals surface area (Å²) >= 11 is 1.08. The van der Waals surface area contributed by atoms with E-state index in [1.807, 2.05) is 20.8 Å². The first kappa shape index (κ1) is 28.9. The van der Waals surface area contributed by atoms with Gasteiger partial charge in [0.1, 0.15) is 11.0 Å². The highest BCUT2D eigenvalue weighted by molar-refractivity contribution is 7.15. The molecule has 2 saturated heterocycles. The Labute approximate surface area is 234 Å². The normalized spacial score (nSPS) is 25.3. The predicted octanol–water partition coefficient (Wildman–Crippen LogP) is 4.44. The molecule has 0 unspecified atom stereocenters. The molecule has 0 aromatic carbocycles. The van der Waals surface area contributed by atoms with Crippen molar-refractivity contribution < 1.29 is 29.0 Å². The lowest BCUT2D eigenvalue weighted by Crippen LogP contribution is -2.47. The first-order chi connectivity index (χ1) is 18.3. The lowest BCUT2D eigenvalue weighted by molar-refractivity contribution is -0.126. The number of hydrogen-bond acceptors (Lipinski definition) is 6. The van der Waals surface area contributed by atoms with Gasteiger partial charge in [-0.15, -0.1) is 11.3 Å². The number of anilines is 1. The number of carboxylic acids is 1. The van der Waals surface area contributed by atoms with Crippen LogP contribution < -0.4 is 4.90 Å². The average Bonchev–Trinajstić information content (AvgIpc) is 3.58. The van der Waals surface area contributed by atoms with Crippen molar-refractivity contribution in [1.82, 2.24) is 9.80 Å². The van der Waals surface area contributed by atoms with Crippen LogP contribution in [0.2, 0.25) is 0 Å². The second-order valence-corrected chi connectivity index (χ2v) is 13.2. The van der Waals surface area contributed by atoms with Crippen molar-refractivity contribution in [3.63, 3.8) is 0 Å². The standard InChI is InChI=1S/C29H39N3O6S/c1-18-6-8-19(9-7-18)26(34)32(23-15-22(10-12-29(2,3)4)39-25(23)27(35)36)20-11-13-31(16-20)28(37)38-21-14-24(33)30(5)17-21/h15,18-21H,6-9,11,13-14,16-17H2,1-5H3,(H,35,36)/t18-,19-,20-,21-/m0/s1. The Bertz CT molecular complexity index is 1180. The van der Waals surface area contributed by atoms with Gasteiger partial charge in [-0.3, -0.25) is 9.59 Å². The number of rotatable bonds is 5. The topological polar surface area (TPSA) is 107 Å². The number of carbonyl (C=O) groups excluding carboxylic acids is 3. The van der Waals surface area contributed by atoms with Gasteiger partial charge in [0.05, 0.1) is 29.6 Å². The van der Waals surface area contributed by atoms with E-state index in [4.69, 9.17) is 4.74 Å². The lowest BCUT2D eigenvalue weighted by atomic mass is 9.82. The predicted molar refractivity (Wildman–Crippen MR) is 149 cm³/mol. The second-order valence-electron chi connectivity index (χ2n) is 12.2. The number of nitrogens with zero attached hydrogens (tertiary/aromatic N) is 3. The molecule has 1 aromatic heterocycles. The highest BCUT2D eigenvalue weighted by Crippen LogP contribution is 2.38. The van der Waals surface area contributed by atoms with E-state index in [0.717, 1.165) is 37.0 Å². The van der Waals surface area contributed by atoms with Gasteiger partial charge >= 0.3 is 12.1 Å². The van der Waals surface area contributed by atoms with Gasteiger partial charge in [-0.2, -0.15) is 0 Å². The van der Waals surface area contributed by atoms with E-state index in [0.29, 0.717) is 36.0 Å². The van der Waals surface area contributed by atoms with Gasteiger partial charge in [-0.25, -0.2) is 9.59 Å². The fourth-order valence-electron chi connectivity index (χ4n) is 5.46. The van der Waals surface area contributed by atoms with Gasteiger partial charge in [0.25, 0.3) is 0 Å². The van der Waals surface area contributed by atoms with Crippen LogP contribution in [0.5, 0.6) is 0 Å². The molecule has 3 heterocycles. The molecule has 10 heteroatoms. The molecule has 1 aliphatic carbocycles. The molecule has 3 amide bonds. The van der Waals surface area contributed by atoms with Gasteiger partial charge in [-0.1, -0.05) is 18.8 Å². The summed E-state index contributed by atoms with van der Waals surface area (Å²) in [5.41, 5.74) is 0.102. The molecule has 9 nitrogen and oxygen atoms in total. The molecule has 3 aliphatic rings. The van der Waals surface area contributed by atoms with Crippen molar-refractivity contribution >= 4 is 40.9 Å². The lowest BCUT2D eigenvalue weighted by Gasteiger charge is -2.34. The highest BCUT2D eigenvalue weighted by Gasteiger charge is 2.41. The Kier molecular flexibility index (Phi) is 8.60. The Balaban J connectivity index is 1.60. The van der Waals surface area contributed by atoms with Crippen molar-refractivity contribution in [1.29, 1.82) is 0 Å². The molecule has 1 N–H and O–H groups in total. The van der Waals surface area contributed by atoms with Gasteiger partial charge in [0, 0.05) is 31.5 Å². The van der Waals surface area contributed by atoms with E-state index < -0.39 is 18.2 Å². The average molecular weight is 558 g/mol. The molecule has 0 spiro atoms. The summed E-state index contributed by atoms with van der Waals surface area (Å²) < 4.78 is 5.60. The number of likely N-dealkylation sites (N-methyl/N-ethyl adjacent to an activating group) is 1. The SMILES string of the molecule is CN1C[C@@H](OC(=O)N2CC[C@H](N(c3cc(C#CC(C)(C)C)sc3C(=O)O)C(=O)[C@H]3CC[C@H](C)CC3)C2)CC1=O. The van der Waals surface area contributed by atoms with Crippen LogP contribution in [0, 0.1) is 29.1 Å². The Morgan fingerprint density at radius 3 is 2.41 bits per heavy atom. The molecular formula is C29H39N3O6S. The van der Waals surface area contributed by atoms with Crippen molar-refractivity contribution in [2.45, 2.75) is 78.4 Å². The largest absolute Gasteiger partial charge is 0.477 e. The first-order valence-corrected chi connectivity index (χ1v) is 14.6. The third-order valence-electron chi connectivity index (χ3n) is 7.69. The van der Waals surface area contributed by atoms with E-state index in [1.165, 1.54) is 0 Å². The van der Waals surface area contributed by atoms with Crippen LogP contribution in [-0.2, 0) is 14.3 Å². The zero-order valence-electron chi connectivity index (χ0n) is 23.5. The third-order valence-corrected chi connectivity index (χ3v) is 8.72. The van der Waals surface area contributed by atoms with Gasteiger partial charge in [0.2, 0.25) is 11.8 Å². The molecule has 2 atom stereocenters. The maximum absolute atomic E-state index is 14.0. The fourth-order valence-corrected chi connectivity index (χ4v) is 6.30. The number of aromatic carboxylic acids is 1. The van der Waals surface area contributed by atoms with Gasteiger partial charge < -0.3 is 24.5 Å². The maximum Gasteiger partial charge on any atom is 0.410 e. The minimum Gasteiger partial charge on any atom is -0.477 e. The van der Waals surface area contributed by atoms with Crippen LogP contribution in [-0.4, -0.2) is 77.6 Å². The summed E-state index contributed by atoms with van der Waals surface area (Å²) in [5.74, 6) is 5.39. The molecule has 39 heavy (non-hydrogen) atoms. The maximum atomic E-state index is 14.0. The van der Waals surface area contributed by atoms with Crippen LogP contribution in [0.3, 0.4) is 0 Å². The molecule has 1 aromatic rings. The number of amides is 3. The number of thiophene rings is 1. The minimum absolute atomic E-state index is 0.0605. The molecule has 0 bridgehead atoms. The van der Waals surface area contributed by atoms with Crippen molar-refractivity contribution in [2.75, 3.05) is 31.6 Å². The van der Waals surface area contributed by atoms with Gasteiger partial charge in [0.15, 0.2) is 0 Å². The van der Waals surface area contributed by atoms with Crippen LogP contribution in [0.15, 0.2) is 6.07 Å². The summed E-state index contributed by atoms with van der Waals surface area (Å²) in [6, 6.07) is 1.34. The van der Waals surface area contributed by atoms with Crippen LogP contribution >= 0.6 is 11.3 Å². The Hall–Kier alpha value is -3.06. The summed E-state index contributed by atoms with van der Waals surface area (Å²) in [6.07, 6.45) is 3.12. The number of carboxylic acid groups (broad SMARTS) is 1. The molecule has 3 fully saturated rings. The summed E-state index contributed by atoms with van der Waals surface area (Å²) in [7, 11) is 1.68. The fraction of sp³-hybridized carbons (Fsp3) is 0.655. The Morgan fingerprint density at radius 2 is 1.82 bits per heavy atom. The summed E-state index contributed by atoms with van der Waals surface area (Å²) in [4.78, 5) is 56.6. The van der Waals surface area contributed by atoms with Crippen LogP contribution in [0.4, 0.5) is 10.5 Å². The van der Waals surface area contributed by atoms with E-state index in [1.54, 1.807) is 27.8 Å². The zero-order chi connectivity index (χ0) is 28.5. The molecule has 2 aliphatic heterocycles. The molecular weight excluding hydrogens is 518 g/mol. The molecule has 212 valence electrons. The van der Waals surface area contributed by atoms with E-state index >= 15 is 0 Å². The number of carbonyl (C=O) groups is 4. The summed E-state index contributed by atoms with van der Waals surface area (Å²) in [5, 5.41) is 10.1. The van der Waals surface area contributed by atoms with Crippen LogP contribution in [0.1, 0.15) is 80.8 Å². The highest BCUT2D eigenvalue weighted by atomic mass is 32.1. The molecule has 4 rings (SSSR count). The second kappa shape index (κ2) is 11.6.